The van der Waals surface area contributed by atoms with Gasteiger partial charge in [0.2, 0.25) is 0 Å². The number of nitrogens with zero attached hydrogens (tertiary/aromatic N) is 2. The minimum absolute atomic E-state index is 0.0596. The molecule has 0 aliphatic carbocycles. The Kier molecular flexibility index (Phi) is 7.87. The first-order chi connectivity index (χ1) is 15.8. The van der Waals surface area contributed by atoms with E-state index < -0.39 is 17.9 Å². The van der Waals surface area contributed by atoms with Gasteiger partial charge in [0.05, 0.1) is 6.42 Å². The third-order valence-electron chi connectivity index (χ3n) is 5.88. The number of hydrogen-bond donors (Lipinski definition) is 1. The first-order valence-corrected chi connectivity index (χ1v) is 11.2. The maximum absolute atomic E-state index is 12.7. The monoisotopic (exact) mass is 450 g/mol. The van der Waals surface area contributed by atoms with Crippen LogP contribution in [-0.2, 0) is 20.8 Å². The number of allylic oxidation sites excluding steroid dienone is 1. The Morgan fingerprint density at radius 2 is 1.76 bits per heavy atom. The fourth-order valence-electron chi connectivity index (χ4n) is 3.82. The quantitative estimate of drug-likeness (QED) is 0.255. The van der Waals surface area contributed by atoms with Gasteiger partial charge >= 0.3 is 11.9 Å². The van der Waals surface area contributed by atoms with E-state index in [0.717, 1.165) is 35.6 Å². The van der Waals surface area contributed by atoms with E-state index in [9.17, 15) is 14.4 Å². The predicted octanol–water partition coefficient (Wildman–Crippen LogP) is 3.80. The highest BCUT2D eigenvalue weighted by atomic mass is 16.5. The molecule has 1 heterocycles. The third kappa shape index (κ3) is 6.00. The van der Waals surface area contributed by atoms with Crippen LogP contribution in [0.1, 0.15) is 31.4 Å². The van der Waals surface area contributed by atoms with Crippen molar-refractivity contribution in [3.63, 3.8) is 0 Å². The fourth-order valence-corrected chi connectivity index (χ4v) is 3.82. The number of benzene rings is 2. The van der Waals surface area contributed by atoms with Crippen molar-refractivity contribution in [3.05, 3.63) is 59.7 Å². The summed E-state index contributed by atoms with van der Waals surface area (Å²) in [5.74, 6) is -1.98. The molecule has 0 bridgehead atoms. The molecule has 0 spiro atoms. The molecular weight excluding hydrogens is 420 g/mol. The lowest BCUT2D eigenvalue weighted by atomic mass is 9.91. The molecule has 0 amide bonds. The zero-order valence-electron chi connectivity index (χ0n) is 19.3. The van der Waals surface area contributed by atoms with Crippen molar-refractivity contribution in [2.45, 2.75) is 26.7 Å². The van der Waals surface area contributed by atoms with Crippen LogP contribution in [0.15, 0.2) is 48.5 Å². The van der Waals surface area contributed by atoms with Gasteiger partial charge in [0.25, 0.3) is 0 Å². The van der Waals surface area contributed by atoms with Crippen LogP contribution in [0.2, 0.25) is 0 Å². The van der Waals surface area contributed by atoms with E-state index in [0.29, 0.717) is 18.7 Å². The van der Waals surface area contributed by atoms with Crippen LogP contribution in [0.5, 0.6) is 5.75 Å². The molecule has 1 aliphatic rings. The van der Waals surface area contributed by atoms with Crippen LogP contribution in [0.3, 0.4) is 0 Å². The molecule has 1 atom stereocenters. The number of aliphatic carboxylic acids is 1. The van der Waals surface area contributed by atoms with Crippen LogP contribution >= 0.6 is 0 Å². The molecule has 0 saturated carbocycles. The maximum Gasteiger partial charge on any atom is 0.322 e. The molecule has 0 saturated heterocycles. The van der Waals surface area contributed by atoms with Gasteiger partial charge in [0, 0.05) is 44.1 Å². The Bertz CT molecular complexity index is 1040. The number of fused-ring (bicyclic) bond motifs is 1. The number of ketones is 1. The number of ether oxygens (including phenoxy) is 1. The van der Waals surface area contributed by atoms with Crippen molar-refractivity contribution in [3.8, 4) is 5.75 Å². The smallest absolute Gasteiger partial charge is 0.322 e. The first kappa shape index (κ1) is 24.0. The number of carboxylic acids is 1. The Balaban J connectivity index is 1.65. The van der Waals surface area contributed by atoms with E-state index in [4.69, 9.17) is 9.84 Å². The van der Waals surface area contributed by atoms with Gasteiger partial charge in [-0.2, -0.15) is 0 Å². The SMILES string of the molecule is CCN(CC)c1ccc2c(c1)OC(=O)C(C(=O)C=Cc1ccc(N(C)CCC(=O)O)cc1)C2. The summed E-state index contributed by atoms with van der Waals surface area (Å²) in [4.78, 5) is 40.0. The summed E-state index contributed by atoms with van der Waals surface area (Å²) in [5, 5.41) is 8.81. The largest absolute Gasteiger partial charge is 0.481 e. The molecule has 0 radical (unpaired) electrons. The highest BCUT2D eigenvalue weighted by Crippen LogP contribution is 2.32. The van der Waals surface area contributed by atoms with Crippen LogP contribution in [0.4, 0.5) is 11.4 Å². The number of carbonyl (C=O) groups excluding carboxylic acids is 2. The number of anilines is 2. The molecule has 7 nitrogen and oxygen atoms in total. The van der Waals surface area contributed by atoms with Gasteiger partial charge in [-0.15, -0.1) is 0 Å². The zero-order valence-corrected chi connectivity index (χ0v) is 19.3. The molecule has 1 N–H and O–H groups in total. The van der Waals surface area contributed by atoms with Crippen molar-refractivity contribution in [1.82, 2.24) is 0 Å². The van der Waals surface area contributed by atoms with E-state index in [-0.39, 0.29) is 12.2 Å². The van der Waals surface area contributed by atoms with Crippen LogP contribution < -0.4 is 14.5 Å². The second kappa shape index (κ2) is 10.8. The van der Waals surface area contributed by atoms with Crippen molar-refractivity contribution < 1.29 is 24.2 Å². The van der Waals surface area contributed by atoms with E-state index >= 15 is 0 Å². The second-order valence-corrected chi connectivity index (χ2v) is 8.03. The molecule has 2 aromatic carbocycles. The van der Waals surface area contributed by atoms with Gasteiger partial charge in [-0.25, -0.2) is 0 Å². The minimum Gasteiger partial charge on any atom is -0.481 e. The van der Waals surface area contributed by atoms with Crippen LogP contribution in [0.25, 0.3) is 6.08 Å². The molecule has 1 unspecified atom stereocenters. The van der Waals surface area contributed by atoms with E-state index in [2.05, 4.69) is 18.7 Å². The lowest BCUT2D eigenvalue weighted by Gasteiger charge is -2.26. The Morgan fingerprint density at radius 1 is 1.09 bits per heavy atom. The second-order valence-electron chi connectivity index (χ2n) is 8.03. The summed E-state index contributed by atoms with van der Waals surface area (Å²) in [7, 11) is 1.83. The maximum atomic E-state index is 12.7. The lowest BCUT2D eigenvalue weighted by Crippen LogP contribution is -2.33. The number of esters is 1. The number of carboxylic acid groups (broad SMARTS) is 1. The minimum atomic E-state index is -0.852. The van der Waals surface area contributed by atoms with Crippen molar-refractivity contribution >= 4 is 35.2 Å². The summed E-state index contributed by atoms with van der Waals surface area (Å²) < 4.78 is 5.51. The third-order valence-corrected chi connectivity index (χ3v) is 5.88. The zero-order chi connectivity index (χ0) is 24.0. The summed E-state index contributed by atoms with van der Waals surface area (Å²) in [6, 6.07) is 13.2. The van der Waals surface area contributed by atoms with Gasteiger partial charge in [-0.3, -0.25) is 14.4 Å². The van der Waals surface area contributed by atoms with Gasteiger partial charge in [-0.05, 0) is 55.7 Å². The molecule has 2 aromatic rings. The van der Waals surface area contributed by atoms with Gasteiger partial charge in [-0.1, -0.05) is 24.3 Å². The molecule has 174 valence electrons. The van der Waals surface area contributed by atoms with Crippen molar-refractivity contribution in [1.29, 1.82) is 0 Å². The highest BCUT2D eigenvalue weighted by Gasteiger charge is 2.33. The topological polar surface area (TPSA) is 87.2 Å². The first-order valence-electron chi connectivity index (χ1n) is 11.2. The standard InChI is InChI=1S/C26H30N2O5/c1-4-28(5-2)21-12-9-19-16-22(26(32)33-24(19)17-21)23(29)13-8-18-6-10-20(11-7-18)27(3)15-14-25(30)31/h6-13,17,22H,4-5,14-16H2,1-3H3,(H,30,31). The van der Waals surface area contributed by atoms with E-state index in [1.807, 2.05) is 54.4 Å². The molecule has 33 heavy (non-hydrogen) atoms. The molecule has 0 aromatic heterocycles. The number of rotatable bonds is 10. The normalized spacial score (nSPS) is 15.1. The Morgan fingerprint density at radius 3 is 2.39 bits per heavy atom. The van der Waals surface area contributed by atoms with Crippen molar-refractivity contribution in [2.75, 3.05) is 36.5 Å². The highest BCUT2D eigenvalue weighted by molar-refractivity contribution is 6.08. The van der Waals surface area contributed by atoms with Crippen LogP contribution in [0, 0.1) is 5.92 Å². The molecular formula is C26H30N2O5. The van der Waals surface area contributed by atoms with Gasteiger partial charge in [0.1, 0.15) is 11.7 Å². The average molecular weight is 451 g/mol. The predicted molar refractivity (Wildman–Crippen MR) is 129 cm³/mol. The Hall–Kier alpha value is -3.61. The fraction of sp³-hybridized carbons (Fsp3) is 0.346. The summed E-state index contributed by atoms with van der Waals surface area (Å²) >= 11 is 0. The lowest BCUT2D eigenvalue weighted by molar-refractivity contribution is -0.144. The van der Waals surface area contributed by atoms with Gasteiger partial charge in [0.15, 0.2) is 5.78 Å². The van der Waals surface area contributed by atoms with E-state index in [1.165, 1.54) is 6.08 Å². The Labute approximate surface area is 194 Å². The van der Waals surface area contributed by atoms with Crippen LogP contribution in [-0.4, -0.2) is 49.5 Å². The molecule has 3 rings (SSSR count). The molecule has 0 fully saturated rings. The van der Waals surface area contributed by atoms with Gasteiger partial charge < -0.3 is 19.6 Å². The summed E-state index contributed by atoms with van der Waals surface area (Å²) in [6.07, 6.45) is 3.48. The number of carbonyl (C=O) groups is 3. The van der Waals surface area contributed by atoms with Crippen molar-refractivity contribution in [2.24, 2.45) is 5.92 Å². The van der Waals surface area contributed by atoms with E-state index in [1.54, 1.807) is 6.08 Å². The molecule has 7 heteroatoms. The summed E-state index contributed by atoms with van der Waals surface area (Å²) in [6.45, 7) is 6.26. The summed E-state index contributed by atoms with van der Waals surface area (Å²) in [5.41, 5.74) is 3.54. The average Bonchev–Trinajstić information content (AvgIpc) is 2.81. The molecule has 1 aliphatic heterocycles. The number of hydrogen-bond acceptors (Lipinski definition) is 6.